The van der Waals surface area contributed by atoms with E-state index in [9.17, 15) is 24.8 Å². The summed E-state index contributed by atoms with van der Waals surface area (Å²) in [7, 11) is 0. The van der Waals surface area contributed by atoms with Crippen molar-refractivity contribution in [1.82, 2.24) is 19.8 Å². The molecule has 1 aliphatic heterocycles. The van der Waals surface area contributed by atoms with Crippen LogP contribution in [0.5, 0.6) is 0 Å². The van der Waals surface area contributed by atoms with Gasteiger partial charge in [0.2, 0.25) is 0 Å². The number of nitro groups is 1. The monoisotopic (exact) mass is 501 g/mol. The van der Waals surface area contributed by atoms with Gasteiger partial charge in [0.1, 0.15) is 0 Å². The molecule has 2 aromatic heterocycles. The number of aliphatic hydroxyl groups excluding tert-OH is 1. The molecule has 0 bridgehead atoms. The zero-order valence-corrected chi connectivity index (χ0v) is 20.5. The molecule has 0 spiro atoms. The van der Waals surface area contributed by atoms with Crippen molar-refractivity contribution in [2.75, 3.05) is 19.6 Å². The highest BCUT2D eigenvalue weighted by Crippen LogP contribution is 2.39. The van der Waals surface area contributed by atoms with E-state index < -0.39 is 22.8 Å². The summed E-state index contributed by atoms with van der Waals surface area (Å²) >= 11 is 0. The van der Waals surface area contributed by atoms with Crippen LogP contribution >= 0.6 is 0 Å². The van der Waals surface area contributed by atoms with E-state index >= 15 is 0 Å². The standard InChI is InChI=1S/C27H27N5O5/c1-3-30(4-2)13-17(33)14-31-15-21(19-11-16(32(36)37)9-10-23(19)31)25-24(26(34)29-27(25)35)20-12-28-22-8-6-5-7-18(20)22/h5-12,15,17,28,33H,3-4,13-14H2,1-2H3,(H,29,34,35). The largest absolute Gasteiger partial charge is 0.390 e. The lowest BCUT2D eigenvalue weighted by Gasteiger charge is -2.22. The van der Waals surface area contributed by atoms with Gasteiger partial charge in [-0.25, -0.2) is 0 Å². The molecule has 1 unspecified atom stereocenters. The first-order valence-electron chi connectivity index (χ1n) is 12.2. The van der Waals surface area contributed by atoms with Crippen LogP contribution < -0.4 is 5.32 Å². The topological polar surface area (TPSA) is 134 Å². The quantitative estimate of drug-likeness (QED) is 0.183. The zero-order chi connectivity index (χ0) is 26.3. The lowest BCUT2D eigenvalue weighted by atomic mass is 9.95. The third-order valence-corrected chi connectivity index (χ3v) is 6.91. The van der Waals surface area contributed by atoms with Crippen LogP contribution in [0.3, 0.4) is 0 Å². The molecule has 10 nitrogen and oxygen atoms in total. The van der Waals surface area contributed by atoms with Crippen LogP contribution in [-0.2, 0) is 16.1 Å². The molecular formula is C27H27N5O5. The highest BCUT2D eigenvalue weighted by atomic mass is 16.6. The van der Waals surface area contributed by atoms with Crippen LogP contribution in [0.4, 0.5) is 5.69 Å². The molecule has 0 fully saturated rings. The van der Waals surface area contributed by atoms with Crippen molar-refractivity contribution in [3.8, 4) is 0 Å². The Morgan fingerprint density at radius 3 is 2.43 bits per heavy atom. The van der Waals surface area contributed by atoms with Gasteiger partial charge < -0.3 is 19.6 Å². The number of aromatic nitrogens is 2. The average Bonchev–Trinajstić information content (AvgIpc) is 3.54. The minimum Gasteiger partial charge on any atom is -0.390 e. The molecular weight excluding hydrogens is 474 g/mol. The van der Waals surface area contributed by atoms with E-state index in [-0.39, 0.29) is 23.4 Å². The van der Waals surface area contributed by atoms with Crippen molar-refractivity contribution in [3.05, 3.63) is 76.1 Å². The van der Waals surface area contributed by atoms with Crippen molar-refractivity contribution in [1.29, 1.82) is 0 Å². The molecule has 10 heteroatoms. The number of hydrogen-bond acceptors (Lipinski definition) is 6. The highest BCUT2D eigenvalue weighted by molar-refractivity contribution is 6.50. The second kappa shape index (κ2) is 9.64. The van der Waals surface area contributed by atoms with Crippen molar-refractivity contribution in [2.45, 2.75) is 26.5 Å². The van der Waals surface area contributed by atoms with Crippen LogP contribution in [0.25, 0.3) is 33.0 Å². The molecule has 0 radical (unpaired) electrons. The molecule has 3 heterocycles. The van der Waals surface area contributed by atoms with E-state index in [1.165, 1.54) is 12.1 Å². The molecule has 4 aromatic rings. The molecule has 2 aromatic carbocycles. The van der Waals surface area contributed by atoms with Crippen molar-refractivity contribution in [2.24, 2.45) is 0 Å². The van der Waals surface area contributed by atoms with Crippen molar-refractivity contribution >= 4 is 50.5 Å². The summed E-state index contributed by atoms with van der Waals surface area (Å²) in [6, 6.07) is 11.9. The Morgan fingerprint density at radius 2 is 1.73 bits per heavy atom. The number of aromatic amines is 1. The number of fused-ring (bicyclic) bond motifs is 2. The fourth-order valence-corrected chi connectivity index (χ4v) is 5.06. The van der Waals surface area contributed by atoms with E-state index in [4.69, 9.17) is 0 Å². The Bertz CT molecular complexity index is 1580. The molecule has 1 aliphatic rings. The van der Waals surface area contributed by atoms with Gasteiger partial charge in [0.05, 0.1) is 22.2 Å². The molecule has 0 saturated carbocycles. The van der Waals surface area contributed by atoms with E-state index in [0.29, 0.717) is 28.6 Å². The number of hydrogen-bond donors (Lipinski definition) is 3. The Morgan fingerprint density at radius 1 is 1.03 bits per heavy atom. The van der Waals surface area contributed by atoms with Gasteiger partial charge in [0.25, 0.3) is 17.5 Å². The van der Waals surface area contributed by atoms with E-state index in [1.807, 2.05) is 38.1 Å². The maximum absolute atomic E-state index is 13.1. The third-order valence-electron chi connectivity index (χ3n) is 6.91. The van der Waals surface area contributed by atoms with E-state index in [1.54, 1.807) is 23.0 Å². The SMILES string of the molecule is CCN(CC)CC(O)Cn1cc(C2=C(c3c[nH]c4ccccc34)C(=O)NC2=O)c2cc([N+](=O)[O-])ccc21. The highest BCUT2D eigenvalue weighted by Gasteiger charge is 2.35. The summed E-state index contributed by atoms with van der Waals surface area (Å²) in [5, 5.41) is 26.0. The van der Waals surface area contributed by atoms with Gasteiger partial charge in [-0.1, -0.05) is 32.0 Å². The fraction of sp³-hybridized carbons (Fsp3) is 0.259. The summed E-state index contributed by atoms with van der Waals surface area (Å²) in [6.07, 6.45) is 2.68. The summed E-state index contributed by atoms with van der Waals surface area (Å²) in [5.41, 5.74) is 2.63. The fourth-order valence-electron chi connectivity index (χ4n) is 5.06. The first kappa shape index (κ1) is 24.4. The number of amides is 2. The van der Waals surface area contributed by atoms with Gasteiger partial charge in [-0.2, -0.15) is 0 Å². The van der Waals surface area contributed by atoms with E-state index in [0.717, 1.165) is 24.0 Å². The first-order valence-corrected chi connectivity index (χ1v) is 12.2. The lowest BCUT2D eigenvalue weighted by Crippen LogP contribution is -2.34. The van der Waals surface area contributed by atoms with Gasteiger partial charge in [0.15, 0.2) is 0 Å². The number of nitrogens with zero attached hydrogens (tertiary/aromatic N) is 3. The molecule has 3 N–H and O–H groups in total. The summed E-state index contributed by atoms with van der Waals surface area (Å²) in [6.45, 7) is 6.30. The Balaban J connectivity index is 1.70. The normalized spacial score (nSPS) is 14.8. The van der Waals surface area contributed by atoms with Crippen molar-refractivity contribution < 1.29 is 19.6 Å². The number of para-hydroxylation sites is 1. The van der Waals surface area contributed by atoms with Crippen LogP contribution in [0, 0.1) is 10.1 Å². The molecule has 1 atom stereocenters. The summed E-state index contributed by atoms with van der Waals surface area (Å²) in [5.74, 6) is -1.10. The van der Waals surface area contributed by atoms with Crippen molar-refractivity contribution in [3.63, 3.8) is 0 Å². The minimum absolute atomic E-state index is 0.130. The van der Waals surface area contributed by atoms with Crippen LogP contribution in [0.15, 0.2) is 54.9 Å². The second-order valence-corrected chi connectivity index (χ2v) is 9.07. The molecule has 5 rings (SSSR count). The first-order chi connectivity index (χ1) is 17.8. The van der Waals surface area contributed by atoms with Gasteiger partial charge in [-0.05, 0) is 25.2 Å². The number of carbonyl (C=O) groups is 2. The molecule has 37 heavy (non-hydrogen) atoms. The van der Waals surface area contributed by atoms with Crippen LogP contribution in [0.2, 0.25) is 0 Å². The number of benzene rings is 2. The molecule has 0 aliphatic carbocycles. The number of nitro benzene ring substituents is 1. The maximum atomic E-state index is 13.1. The van der Waals surface area contributed by atoms with Gasteiger partial charge in [-0.3, -0.25) is 25.0 Å². The van der Waals surface area contributed by atoms with Crippen LogP contribution in [0.1, 0.15) is 25.0 Å². The average molecular weight is 502 g/mol. The number of carbonyl (C=O) groups excluding carboxylic acids is 2. The summed E-state index contributed by atoms with van der Waals surface area (Å²) in [4.78, 5) is 42.5. The summed E-state index contributed by atoms with van der Waals surface area (Å²) < 4.78 is 1.79. The number of rotatable bonds is 9. The number of nitrogens with one attached hydrogen (secondary N) is 2. The van der Waals surface area contributed by atoms with Gasteiger partial charge >= 0.3 is 0 Å². The Kier molecular flexibility index (Phi) is 6.36. The Hall–Kier alpha value is -4.28. The minimum atomic E-state index is -0.709. The van der Waals surface area contributed by atoms with Gasteiger partial charge in [0, 0.05) is 70.5 Å². The van der Waals surface area contributed by atoms with Crippen LogP contribution in [-0.4, -0.2) is 62.0 Å². The zero-order valence-electron chi connectivity index (χ0n) is 20.5. The molecule has 0 saturated heterocycles. The van der Waals surface area contributed by atoms with Gasteiger partial charge in [-0.15, -0.1) is 0 Å². The number of aliphatic hydroxyl groups is 1. The second-order valence-electron chi connectivity index (χ2n) is 9.07. The number of H-pyrrole nitrogens is 1. The number of likely N-dealkylation sites (N-methyl/N-ethyl adjacent to an activating group) is 1. The third kappa shape index (κ3) is 4.30. The lowest BCUT2D eigenvalue weighted by molar-refractivity contribution is -0.384. The predicted octanol–water partition coefficient (Wildman–Crippen LogP) is 3.30. The number of imide groups is 1. The molecule has 190 valence electrons. The number of non-ortho nitro benzene ring substituents is 1. The van der Waals surface area contributed by atoms with E-state index in [2.05, 4.69) is 15.2 Å². The smallest absolute Gasteiger partial charge is 0.270 e. The Labute approximate surface area is 212 Å². The predicted molar refractivity (Wildman–Crippen MR) is 141 cm³/mol. The maximum Gasteiger partial charge on any atom is 0.270 e. The molecule has 2 amide bonds.